The summed E-state index contributed by atoms with van der Waals surface area (Å²) < 4.78 is 19.8. The largest absolute Gasteiger partial charge is 4.00 e. The molecule has 15 nitrogen and oxygen atoms in total. The Morgan fingerprint density at radius 1 is 0.277 bits per heavy atom. The number of hydrogen-bond donors (Lipinski definition) is 0. The van der Waals surface area contributed by atoms with Gasteiger partial charge in [-0.3, -0.25) is 9.80 Å². The van der Waals surface area contributed by atoms with Crippen molar-refractivity contribution in [1.29, 1.82) is 0 Å². The van der Waals surface area contributed by atoms with Gasteiger partial charge in [-0.2, -0.15) is 0 Å². The first kappa shape index (κ1) is 102. The molecule has 0 saturated carbocycles. The molecule has 17 heteroatoms. The maximum Gasteiger partial charge on any atom is 4.00 e. The molecular formula is C84H142N4O11Ti2. The molecule has 572 valence electrons. The van der Waals surface area contributed by atoms with Crippen LogP contribution in [0.3, 0.4) is 0 Å². The van der Waals surface area contributed by atoms with E-state index >= 15 is 0 Å². The predicted octanol–water partition coefficient (Wildman–Crippen LogP) is 15.9. The fraction of sp³-hybridized carbons (Fsp3) is 0.714. The van der Waals surface area contributed by atoms with Crippen molar-refractivity contribution in [3.05, 3.63) is 115 Å². The van der Waals surface area contributed by atoms with Crippen LogP contribution >= 0.6 is 0 Å². The van der Waals surface area contributed by atoms with Gasteiger partial charge in [0, 0.05) is 105 Å². The molecule has 4 fully saturated rings. The van der Waals surface area contributed by atoms with Crippen molar-refractivity contribution in [3.8, 4) is 23.0 Å². The summed E-state index contributed by atoms with van der Waals surface area (Å²) in [7, 11) is 8.25. The molecule has 0 unspecified atom stereocenters. The quantitative estimate of drug-likeness (QED) is 0.107. The van der Waals surface area contributed by atoms with Crippen LogP contribution < -0.4 is 20.4 Å². The minimum Gasteiger partial charge on any atom is -2.00 e. The Morgan fingerprint density at radius 2 is 0.436 bits per heavy atom. The predicted molar refractivity (Wildman–Crippen MR) is 403 cm³/mol. The Balaban J connectivity index is -0.00000142. The third kappa shape index (κ3) is 36.5. The number of nitrogens with zero attached hydrogens (tertiary/aromatic N) is 4. The second-order valence-corrected chi connectivity index (χ2v) is 36.4. The molecule has 0 aliphatic carbocycles. The van der Waals surface area contributed by atoms with Crippen molar-refractivity contribution in [1.82, 2.24) is 19.6 Å². The molecule has 4 saturated heterocycles. The first-order valence-corrected chi connectivity index (χ1v) is 36.5. The van der Waals surface area contributed by atoms with Crippen molar-refractivity contribution in [2.24, 2.45) is 0 Å². The molecule has 0 spiro atoms. The third-order valence-electron chi connectivity index (χ3n) is 18.0. The minimum atomic E-state index is -0.244. The smallest absolute Gasteiger partial charge is 2.00 e. The normalized spacial score (nSPS) is 15.0. The molecule has 0 atom stereocenters. The summed E-state index contributed by atoms with van der Waals surface area (Å²) in [6.45, 7) is 65.0. The maximum absolute atomic E-state index is 13.8. The molecule has 0 aromatic heterocycles. The van der Waals surface area contributed by atoms with Crippen molar-refractivity contribution < 1.29 is 99.2 Å². The monoisotopic (exact) mass is 1480 g/mol. The zero-order chi connectivity index (χ0) is 73.0. The Hall–Kier alpha value is -2.93. The van der Waals surface area contributed by atoms with E-state index in [4.69, 9.17) is 18.9 Å². The Morgan fingerprint density at radius 3 is 0.545 bits per heavy atom. The molecule has 2 N–H and O–H groups in total. The van der Waals surface area contributed by atoms with Gasteiger partial charge in [-0.15, -0.1) is 23.0 Å². The second-order valence-electron chi connectivity index (χ2n) is 36.4. The van der Waals surface area contributed by atoms with Gasteiger partial charge in [-0.1, -0.05) is 215 Å². The van der Waals surface area contributed by atoms with E-state index in [-0.39, 0.29) is 126 Å². The van der Waals surface area contributed by atoms with E-state index in [2.05, 4.69) is 262 Å². The average molecular weight is 1480 g/mol. The van der Waals surface area contributed by atoms with E-state index in [0.717, 1.165) is 124 Å². The van der Waals surface area contributed by atoms with Crippen LogP contribution in [0.2, 0.25) is 0 Å². The minimum absolute atomic E-state index is 0. The number of benzene rings is 4. The van der Waals surface area contributed by atoms with E-state index in [1.165, 1.54) is 73.6 Å². The number of hydrogen-bond acceptors (Lipinski definition) is 14. The van der Waals surface area contributed by atoms with Crippen molar-refractivity contribution >= 4 is 0 Å². The van der Waals surface area contributed by atoms with Gasteiger partial charge in [0.25, 0.3) is 0 Å². The van der Waals surface area contributed by atoms with E-state index < -0.39 is 0 Å². The Bertz CT molecular complexity index is 2540. The van der Waals surface area contributed by atoms with Crippen LogP contribution in [-0.4, -0.2) is 138 Å². The second kappa shape index (κ2) is 45.0. The summed E-state index contributed by atoms with van der Waals surface area (Å²) in [6.07, 6.45) is 10.2. The summed E-state index contributed by atoms with van der Waals surface area (Å²) in [5, 5.41) is 55.0. The van der Waals surface area contributed by atoms with Crippen molar-refractivity contribution in [3.63, 3.8) is 0 Å². The third-order valence-corrected chi connectivity index (χ3v) is 18.0. The Labute approximate surface area is 647 Å². The van der Waals surface area contributed by atoms with E-state index in [0.29, 0.717) is 26.2 Å². The number of ether oxygens (including phenoxy) is 4. The molecule has 8 rings (SSSR count). The average Bonchev–Trinajstić information content (AvgIpc) is 1.17. The topological polar surface area (TPSA) is 231 Å². The molecular weight excluding hydrogens is 1340 g/mol. The van der Waals surface area contributed by atoms with Gasteiger partial charge in [0.15, 0.2) is 0 Å². The summed E-state index contributed by atoms with van der Waals surface area (Å²) in [5.74, 6) is 0.506. The van der Waals surface area contributed by atoms with Gasteiger partial charge in [-0.25, -0.2) is 0 Å². The summed E-state index contributed by atoms with van der Waals surface area (Å²) in [4.78, 5) is 8.87. The number of rotatable bonds is 14. The SMILES string of the molecule is C1CCOC1.C1CCOC1.C1CCOC1.C1CCOC1.CN(C)CCN(Cc1cc(C(C)(C)C)cc(C(C)(C)C)c1[O-])Cc1cc(C(C)(C)C)cc(C(C)(C)C)c1[O-].CN(C)CCN(Cc1cc(C(C)(C)C)cc(C(C)(C)C)c1[O-])Cc1cc(C(C)(C)C)cc(C(C)(C)C)c1[O-].[O-2].[OH-].[OH-].[Ti+4].[Ti+4]. The summed E-state index contributed by atoms with van der Waals surface area (Å²) in [6, 6.07) is 16.8. The standard InChI is InChI=1S/2C34H56N2O2.4C4H8O.2H2O.O.2Ti/c2*1-31(2,3)25-17-23(29(37)27(19-25)33(7,8)9)21-36(16-15-35(13)14)22-24-18-26(32(4,5)6)20-28(30(24)38)34(10,11)12;4*1-2-4-5-3-1;;;;;/h2*17-20,37-38H,15-16,21-22H2,1-14H3;4*1-4H2;2*1H2;;;/q;;;;;;;;-2;2*+4/p-6. The number of likely N-dealkylation sites (N-methyl/N-ethyl adjacent to an activating group) is 2. The van der Waals surface area contributed by atoms with Gasteiger partial charge in [0.1, 0.15) is 0 Å². The van der Waals surface area contributed by atoms with Gasteiger partial charge < -0.3 is 65.6 Å². The summed E-state index contributed by atoms with van der Waals surface area (Å²) in [5.41, 5.74) is 10.2. The fourth-order valence-electron chi connectivity index (χ4n) is 11.3. The summed E-state index contributed by atoms with van der Waals surface area (Å²) >= 11 is 0. The molecule has 4 aromatic carbocycles. The van der Waals surface area contributed by atoms with Crippen LogP contribution in [0.25, 0.3) is 0 Å². The van der Waals surface area contributed by atoms with Gasteiger partial charge in [-0.05, 0) is 190 Å². The van der Waals surface area contributed by atoms with Crippen molar-refractivity contribution in [2.45, 2.75) is 287 Å². The van der Waals surface area contributed by atoms with E-state index in [1.807, 2.05) is 0 Å². The van der Waals surface area contributed by atoms with Crippen LogP contribution in [0.15, 0.2) is 48.5 Å². The zero-order valence-corrected chi connectivity index (χ0v) is 72.1. The first-order chi connectivity index (χ1) is 44.0. The zero-order valence-electron chi connectivity index (χ0n) is 68.9. The Kier molecular flexibility index (Phi) is 45.6. The first-order valence-electron chi connectivity index (χ1n) is 36.5. The van der Waals surface area contributed by atoms with Crippen LogP contribution in [0.4, 0.5) is 0 Å². The van der Waals surface area contributed by atoms with Gasteiger partial charge in [0.05, 0.1) is 0 Å². The van der Waals surface area contributed by atoms with Crippen LogP contribution in [-0.2, 0) is 137 Å². The molecule has 0 amide bonds. The molecule has 0 radical (unpaired) electrons. The van der Waals surface area contributed by atoms with Crippen LogP contribution in [0.5, 0.6) is 23.0 Å². The van der Waals surface area contributed by atoms with Crippen LogP contribution in [0.1, 0.15) is 284 Å². The molecule has 4 aliphatic heterocycles. The van der Waals surface area contributed by atoms with Crippen molar-refractivity contribution in [2.75, 3.05) is 107 Å². The van der Waals surface area contributed by atoms with Gasteiger partial charge >= 0.3 is 43.4 Å². The molecule has 4 aliphatic rings. The van der Waals surface area contributed by atoms with E-state index in [9.17, 15) is 20.4 Å². The molecule has 101 heavy (non-hydrogen) atoms. The molecule has 4 heterocycles. The van der Waals surface area contributed by atoms with E-state index in [1.54, 1.807) is 0 Å². The van der Waals surface area contributed by atoms with Crippen LogP contribution in [0, 0.1) is 0 Å². The van der Waals surface area contributed by atoms with Gasteiger partial charge in [0.2, 0.25) is 0 Å². The maximum atomic E-state index is 13.8. The fourth-order valence-corrected chi connectivity index (χ4v) is 11.3. The molecule has 4 aromatic rings. The molecule has 0 bridgehead atoms.